The number of hydrogen-bond donors (Lipinski definition) is 0. The molecule has 1 amide bonds. The Labute approximate surface area is 154 Å². The lowest BCUT2D eigenvalue weighted by atomic mass is 9.75. The van der Waals surface area contributed by atoms with E-state index < -0.39 is 30.8 Å². The summed E-state index contributed by atoms with van der Waals surface area (Å²) >= 11 is 0. The second-order valence-corrected chi connectivity index (χ2v) is 8.21. The highest BCUT2D eigenvalue weighted by molar-refractivity contribution is 6.62. The SMILES string of the molecule is CC1(C)OB(c2ccccc2CCC(=O)N2CCC(F)(F)C2)OC1(C)C. The lowest BCUT2D eigenvalue weighted by Crippen LogP contribution is -2.41. The smallest absolute Gasteiger partial charge is 0.399 e. The van der Waals surface area contributed by atoms with Crippen molar-refractivity contribution in [2.75, 3.05) is 13.1 Å². The van der Waals surface area contributed by atoms with Gasteiger partial charge in [0, 0.05) is 19.4 Å². The molecule has 142 valence electrons. The van der Waals surface area contributed by atoms with Crippen LogP contribution in [0.25, 0.3) is 0 Å². The maximum atomic E-state index is 13.3. The molecule has 0 unspecified atom stereocenters. The van der Waals surface area contributed by atoms with Gasteiger partial charge < -0.3 is 14.2 Å². The van der Waals surface area contributed by atoms with Crippen LogP contribution in [-0.2, 0) is 20.5 Å². The minimum atomic E-state index is -2.75. The van der Waals surface area contributed by atoms with Crippen molar-refractivity contribution in [2.45, 2.75) is 64.1 Å². The normalized spacial score (nSPS) is 23.5. The van der Waals surface area contributed by atoms with E-state index in [1.165, 1.54) is 4.90 Å². The number of hydrogen-bond acceptors (Lipinski definition) is 3. The maximum absolute atomic E-state index is 13.3. The molecule has 0 aromatic heterocycles. The third-order valence-electron chi connectivity index (χ3n) is 5.69. The Morgan fingerprint density at radius 2 is 1.77 bits per heavy atom. The summed E-state index contributed by atoms with van der Waals surface area (Å²) in [6, 6.07) is 7.68. The van der Waals surface area contributed by atoms with Gasteiger partial charge in [0.2, 0.25) is 5.91 Å². The van der Waals surface area contributed by atoms with Crippen LogP contribution in [0, 0.1) is 0 Å². The van der Waals surface area contributed by atoms with Crippen molar-refractivity contribution >= 4 is 18.5 Å². The Bertz CT molecular complexity index is 677. The zero-order valence-corrected chi connectivity index (χ0v) is 15.9. The van der Waals surface area contributed by atoms with Crippen LogP contribution in [0.2, 0.25) is 0 Å². The Morgan fingerprint density at radius 1 is 1.15 bits per heavy atom. The molecule has 2 aliphatic heterocycles. The molecular formula is C19H26BF2NO3. The molecule has 2 fully saturated rings. The second kappa shape index (κ2) is 6.61. The maximum Gasteiger partial charge on any atom is 0.495 e. The number of alkyl halides is 2. The first-order valence-corrected chi connectivity index (χ1v) is 9.10. The van der Waals surface area contributed by atoms with Crippen LogP contribution in [0.3, 0.4) is 0 Å². The summed E-state index contributed by atoms with van der Waals surface area (Å²) in [6.45, 7) is 7.63. The highest BCUT2D eigenvalue weighted by atomic mass is 19.3. The quantitative estimate of drug-likeness (QED) is 0.771. The second-order valence-electron chi connectivity index (χ2n) is 8.21. The van der Waals surface area contributed by atoms with Crippen LogP contribution in [-0.4, -0.2) is 48.1 Å². The highest BCUT2D eigenvalue weighted by Crippen LogP contribution is 2.36. The molecule has 1 aromatic rings. The topological polar surface area (TPSA) is 38.8 Å². The van der Waals surface area contributed by atoms with Crippen molar-refractivity contribution in [2.24, 2.45) is 0 Å². The van der Waals surface area contributed by atoms with Crippen LogP contribution in [0.4, 0.5) is 8.78 Å². The molecule has 0 atom stereocenters. The van der Waals surface area contributed by atoms with E-state index in [1.54, 1.807) is 0 Å². The molecule has 2 heterocycles. The molecule has 0 N–H and O–H groups in total. The van der Waals surface area contributed by atoms with Crippen molar-refractivity contribution in [3.05, 3.63) is 29.8 Å². The molecule has 7 heteroatoms. The molecule has 3 rings (SSSR count). The zero-order valence-electron chi connectivity index (χ0n) is 15.9. The van der Waals surface area contributed by atoms with Gasteiger partial charge in [-0.3, -0.25) is 4.79 Å². The van der Waals surface area contributed by atoms with Crippen molar-refractivity contribution in [3.8, 4) is 0 Å². The van der Waals surface area contributed by atoms with E-state index in [9.17, 15) is 13.6 Å². The van der Waals surface area contributed by atoms with E-state index in [0.29, 0.717) is 6.42 Å². The van der Waals surface area contributed by atoms with Crippen LogP contribution in [0.15, 0.2) is 24.3 Å². The molecule has 2 saturated heterocycles. The molecule has 4 nitrogen and oxygen atoms in total. The minimum absolute atomic E-state index is 0.130. The Kier molecular flexibility index (Phi) is 4.90. The first-order chi connectivity index (χ1) is 12.0. The van der Waals surface area contributed by atoms with Gasteiger partial charge >= 0.3 is 7.12 Å². The van der Waals surface area contributed by atoms with Gasteiger partial charge in [-0.1, -0.05) is 24.3 Å². The fourth-order valence-electron chi connectivity index (χ4n) is 3.31. The van der Waals surface area contributed by atoms with Gasteiger partial charge in [-0.2, -0.15) is 0 Å². The number of aryl methyl sites for hydroxylation is 1. The largest absolute Gasteiger partial charge is 0.495 e. The standard InChI is InChI=1S/C19H26BF2NO3/c1-17(2)18(3,4)26-20(25-17)15-8-6-5-7-14(15)9-10-16(24)23-12-11-19(21,22)13-23/h5-8H,9-13H2,1-4H3. The molecular weight excluding hydrogens is 339 g/mol. The molecule has 0 radical (unpaired) electrons. The van der Waals surface area contributed by atoms with Gasteiger partial charge in [-0.25, -0.2) is 8.78 Å². The van der Waals surface area contributed by atoms with Crippen LogP contribution in [0.1, 0.15) is 46.1 Å². The van der Waals surface area contributed by atoms with E-state index >= 15 is 0 Å². The zero-order chi connectivity index (χ0) is 19.2. The number of amides is 1. The number of carbonyl (C=O) groups is 1. The van der Waals surface area contributed by atoms with E-state index in [1.807, 2.05) is 52.0 Å². The number of nitrogens with zero attached hydrogens (tertiary/aromatic N) is 1. The van der Waals surface area contributed by atoms with E-state index in [2.05, 4.69) is 0 Å². The third kappa shape index (κ3) is 3.79. The van der Waals surface area contributed by atoms with Gasteiger partial charge in [0.05, 0.1) is 17.7 Å². The van der Waals surface area contributed by atoms with Crippen LogP contribution in [0.5, 0.6) is 0 Å². The Hall–Kier alpha value is -1.47. The number of likely N-dealkylation sites (tertiary alicyclic amines) is 1. The van der Waals surface area contributed by atoms with Crippen molar-refractivity contribution in [1.29, 1.82) is 0 Å². The third-order valence-corrected chi connectivity index (χ3v) is 5.69. The van der Waals surface area contributed by atoms with Crippen LogP contribution < -0.4 is 5.46 Å². The number of benzene rings is 1. The predicted molar refractivity (Wildman–Crippen MR) is 96.6 cm³/mol. The van der Waals surface area contributed by atoms with Gasteiger partial charge in [-0.05, 0) is 45.1 Å². The van der Waals surface area contributed by atoms with Crippen molar-refractivity contribution < 1.29 is 22.9 Å². The van der Waals surface area contributed by atoms with Gasteiger partial charge in [0.15, 0.2) is 0 Å². The summed E-state index contributed by atoms with van der Waals surface area (Å²) in [7, 11) is -0.498. The molecule has 0 bridgehead atoms. The summed E-state index contributed by atoms with van der Waals surface area (Å²) < 4.78 is 38.8. The Balaban J connectivity index is 1.68. The summed E-state index contributed by atoms with van der Waals surface area (Å²) in [6.07, 6.45) is 0.428. The summed E-state index contributed by atoms with van der Waals surface area (Å²) in [5.74, 6) is -2.98. The lowest BCUT2D eigenvalue weighted by Gasteiger charge is -2.32. The van der Waals surface area contributed by atoms with Gasteiger partial charge in [-0.15, -0.1) is 0 Å². The van der Waals surface area contributed by atoms with Gasteiger partial charge in [0.25, 0.3) is 5.92 Å². The van der Waals surface area contributed by atoms with E-state index in [-0.39, 0.29) is 25.3 Å². The monoisotopic (exact) mass is 365 g/mol. The molecule has 0 aliphatic carbocycles. The van der Waals surface area contributed by atoms with E-state index in [0.717, 1.165) is 11.0 Å². The highest BCUT2D eigenvalue weighted by Gasteiger charge is 2.52. The first-order valence-electron chi connectivity index (χ1n) is 9.10. The minimum Gasteiger partial charge on any atom is -0.399 e. The van der Waals surface area contributed by atoms with Crippen LogP contribution >= 0.6 is 0 Å². The number of carbonyl (C=O) groups excluding carboxylic acids is 1. The molecule has 1 aromatic carbocycles. The fourth-order valence-corrected chi connectivity index (χ4v) is 3.31. The lowest BCUT2D eigenvalue weighted by molar-refractivity contribution is -0.131. The van der Waals surface area contributed by atoms with Gasteiger partial charge in [0.1, 0.15) is 0 Å². The van der Waals surface area contributed by atoms with E-state index in [4.69, 9.17) is 9.31 Å². The number of rotatable bonds is 4. The van der Waals surface area contributed by atoms with Crippen molar-refractivity contribution in [3.63, 3.8) is 0 Å². The predicted octanol–water partition coefficient (Wildman–Crippen LogP) is 2.79. The fraction of sp³-hybridized carbons (Fsp3) is 0.632. The summed E-state index contributed by atoms with van der Waals surface area (Å²) in [5, 5.41) is 0. The average molecular weight is 365 g/mol. The average Bonchev–Trinajstić information content (AvgIpc) is 3.01. The molecule has 2 aliphatic rings. The summed E-state index contributed by atoms with van der Waals surface area (Å²) in [4.78, 5) is 13.5. The molecule has 0 saturated carbocycles. The molecule has 26 heavy (non-hydrogen) atoms. The number of halogens is 2. The van der Waals surface area contributed by atoms with Crippen molar-refractivity contribution in [1.82, 2.24) is 4.90 Å². The molecule has 0 spiro atoms. The summed E-state index contributed by atoms with van der Waals surface area (Å²) in [5.41, 5.74) is 0.958. The Morgan fingerprint density at radius 3 is 2.35 bits per heavy atom. The first kappa shape index (κ1) is 19.3.